The molecule has 4 rings (SSSR count). The zero-order chi connectivity index (χ0) is 25.7. The molecule has 0 amide bonds. The molecule has 0 bridgehead atoms. The van der Waals surface area contributed by atoms with E-state index in [1.165, 1.54) is 70.6 Å². The van der Waals surface area contributed by atoms with Crippen molar-refractivity contribution in [2.75, 3.05) is 0 Å². The molecule has 0 fully saturated rings. The lowest BCUT2D eigenvalue weighted by molar-refractivity contribution is 0.580. The summed E-state index contributed by atoms with van der Waals surface area (Å²) < 4.78 is 0. The Bertz CT molecular complexity index is 1010. The van der Waals surface area contributed by atoms with Crippen molar-refractivity contribution in [2.45, 2.75) is 70.0 Å². The summed E-state index contributed by atoms with van der Waals surface area (Å²) in [5.41, 5.74) is 6.23. The number of nitriles is 6. The Labute approximate surface area is 236 Å². The fourth-order valence-corrected chi connectivity index (χ4v) is 10.3. The molecule has 1 aromatic carbocycles. The lowest BCUT2D eigenvalue weighted by atomic mass is 9.71. The van der Waals surface area contributed by atoms with E-state index in [4.69, 9.17) is 0 Å². The minimum Gasteiger partial charge on any atom is -0.185 e. The third-order valence-corrected chi connectivity index (χ3v) is 12.1. The van der Waals surface area contributed by atoms with Crippen LogP contribution in [0.2, 0.25) is 0 Å². The van der Waals surface area contributed by atoms with Gasteiger partial charge in [0.25, 0.3) is 0 Å². The van der Waals surface area contributed by atoms with Crippen LogP contribution in [0.15, 0.2) is 0 Å². The zero-order valence-corrected chi connectivity index (χ0v) is 23.7. The Morgan fingerprint density at radius 3 is 0.583 bits per heavy atom. The van der Waals surface area contributed by atoms with Gasteiger partial charge >= 0.3 is 0 Å². The molecule has 0 saturated heterocycles. The molecule has 0 saturated carbocycles. The summed E-state index contributed by atoms with van der Waals surface area (Å²) in [6.07, 6.45) is 4.43. The summed E-state index contributed by atoms with van der Waals surface area (Å²) in [5.74, 6) is 0. The van der Waals surface area contributed by atoms with Gasteiger partial charge in [-0.2, -0.15) is 31.6 Å². The molecule has 0 heterocycles. The first-order valence-corrected chi connectivity index (χ1v) is 16.4. The van der Waals surface area contributed by atoms with Crippen LogP contribution in [0, 0.1) is 64.0 Å². The van der Waals surface area contributed by atoms with Crippen molar-refractivity contribution >= 4 is 70.6 Å². The number of thioether (sulfide) groups is 6. The van der Waals surface area contributed by atoms with Crippen LogP contribution in [0.4, 0.5) is 0 Å². The predicted octanol–water partition coefficient (Wildman–Crippen LogP) is 8.60. The third kappa shape index (κ3) is 5.02. The summed E-state index contributed by atoms with van der Waals surface area (Å²) in [6.45, 7) is 0. The largest absolute Gasteiger partial charge is 0.185 e. The van der Waals surface area contributed by atoms with Crippen LogP contribution >= 0.6 is 70.6 Å². The van der Waals surface area contributed by atoms with Gasteiger partial charge in [-0.3, -0.25) is 0 Å². The van der Waals surface area contributed by atoms with Gasteiger partial charge < -0.3 is 0 Å². The number of nitrogens with zero attached hydrogens (tertiary/aromatic N) is 6. The molecule has 36 heavy (non-hydrogen) atoms. The van der Waals surface area contributed by atoms with Crippen LogP contribution in [-0.4, -0.2) is 0 Å². The fraction of sp³-hybridized carbons (Fsp3) is 0.500. The van der Waals surface area contributed by atoms with Crippen LogP contribution in [0.5, 0.6) is 0 Å². The molecule has 3 aliphatic carbocycles. The molecule has 0 radical (unpaired) electrons. The quantitative estimate of drug-likeness (QED) is 0.296. The van der Waals surface area contributed by atoms with Crippen LogP contribution < -0.4 is 0 Å². The molecule has 0 aliphatic heterocycles. The lowest BCUT2D eigenvalue weighted by Crippen LogP contribution is -2.27. The van der Waals surface area contributed by atoms with E-state index in [1.54, 1.807) is 0 Å². The smallest absolute Gasteiger partial charge is 0.133 e. The molecule has 3 aliphatic rings. The number of thiocyanates is 6. The van der Waals surface area contributed by atoms with Crippen molar-refractivity contribution in [3.05, 3.63) is 33.4 Å². The van der Waals surface area contributed by atoms with E-state index in [0.717, 1.165) is 71.9 Å². The highest BCUT2D eigenvalue weighted by Gasteiger charge is 2.46. The average molecular weight is 583 g/mol. The van der Waals surface area contributed by atoms with Crippen molar-refractivity contribution in [2.24, 2.45) is 0 Å². The Kier molecular flexibility index (Phi) is 9.61. The monoisotopic (exact) mass is 582 g/mol. The number of benzene rings is 1. The second-order valence-electron chi connectivity index (χ2n) is 8.40. The average Bonchev–Trinajstić information content (AvgIpc) is 2.88. The zero-order valence-electron chi connectivity index (χ0n) is 18.8. The van der Waals surface area contributed by atoms with Crippen LogP contribution in [-0.2, 0) is 0 Å². The van der Waals surface area contributed by atoms with Gasteiger partial charge in [-0.15, -0.1) is 0 Å². The Hall–Kier alpha value is -1.74. The Balaban J connectivity index is 2.18. The molecule has 0 spiro atoms. The minimum absolute atomic E-state index is 0.107. The van der Waals surface area contributed by atoms with E-state index >= 15 is 0 Å². The molecule has 0 N–H and O–H groups in total. The maximum Gasteiger partial charge on any atom is 0.133 e. The predicted molar refractivity (Wildman–Crippen MR) is 150 cm³/mol. The molecule has 0 unspecified atom stereocenters. The van der Waals surface area contributed by atoms with Gasteiger partial charge in [0.05, 0.1) is 0 Å². The molecule has 6 nitrogen and oxygen atoms in total. The first-order chi connectivity index (χ1) is 17.6. The number of fused-ring (bicyclic) bond motifs is 6. The normalized spacial score (nSPS) is 27.8. The van der Waals surface area contributed by atoms with E-state index in [-0.39, 0.29) is 31.5 Å². The Morgan fingerprint density at radius 2 is 0.472 bits per heavy atom. The Morgan fingerprint density at radius 1 is 0.333 bits per heavy atom. The van der Waals surface area contributed by atoms with Crippen LogP contribution in [0.3, 0.4) is 0 Å². The van der Waals surface area contributed by atoms with Gasteiger partial charge in [-0.1, -0.05) is 0 Å². The molecule has 1 aromatic rings. The van der Waals surface area contributed by atoms with E-state index in [0.29, 0.717) is 0 Å². The summed E-state index contributed by atoms with van der Waals surface area (Å²) in [4.78, 5) is 0. The van der Waals surface area contributed by atoms with E-state index < -0.39 is 0 Å². The minimum atomic E-state index is -0.107. The highest BCUT2D eigenvalue weighted by Crippen LogP contribution is 2.64. The van der Waals surface area contributed by atoms with Gasteiger partial charge in [0.15, 0.2) is 0 Å². The van der Waals surface area contributed by atoms with Gasteiger partial charge in [0, 0.05) is 31.5 Å². The summed E-state index contributed by atoms with van der Waals surface area (Å²) >= 11 is 7.31. The van der Waals surface area contributed by atoms with Gasteiger partial charge in [-0.05, 0) is 142 Å². The molecule has 12 heteroatoms. The third-order valence-electron chi connectivity index (χ3n) is 6.92. The van der Waals surface area contributed by atoms with E-state index in [1.807, 2.05) is 0 Å². The number of rotatable bonds is 6. The SMILES string of the molecule is N#CS[C@H]1CC[C@H](SC#N)c2c1c1c(c3c2[C@@H](SC#N)CC[C@@H]3SC#N)[C@@H](SC#N)CC[C@@H]1SC#N. The maximum absolute atomic E-state index is 9.67. The van der Waals surface area contributed by atoms with Gasteiger partial charge in [-0.25, -0.2) is 0 Å². The maximum atomic E-state index is 9.67. The van der Waals surface area contributed by atoms with Gasteiger partial charge in [0.1, 0.15) is 32.4 Å². The summed E-state index contributed by atoms with van der Waals surface area (Å²) in [6, 6.07) is 0. The second kappa shape index (κ2) is 12.7. The summed E-state index contributed by atoms with van der Waals surface area (Å²) in [7, 11) is 0. The van der Waals surface area contributed by atoms with E-state index in [2.05, 4.69) is 32.4 Å². The molecule has 0 aromatic heterocycles. The molecule has 6 atom stereocenters. The molecular weight excluding hydrogens is 565 g/mol. The van der Waals surface area contributed by atoms with Crippen molar-refractivity contribution < 1.29 is 0 Å². The topological polar surface area (TPSA) is 143 Å². The highest BCUT2D eigenvalue weighted by atomic mass is 32.2. The van der Waals surface area contributed by atoms with Crippen molar-refractivity contribution in [1.82, 2.24) is 0 Å². The first-order valence-electron chi connectivity index (χ1n) is 11.2. The second-order valence-corrected chi connectivity index (χ2v) is 14.3. The number of hydrogen-bond acceptors (Lipinski definition) is 12. The van der Waals surface area contributed by atoms with E-state index in [9.17, 15) is 31.6 Å². The molecular formula is C24H18N6S6. The molecule has 180 valence electrons. The van der Waals surface area contributed by atoms with Crippen LogP contribution in [0.25, 0.3) is 0 Å². The van der Waals surface area contributed by atoms with Gasteiger partial charge in [0.2, 0.25) is 0 Å². The van der Waals surface area contributed by atoms with Crippen molar-refractivity contribution in [1.29, 1.82) is 31.6 Å². The number of hydrogen-bond donors (Lipinski definition) is 0. The first kappa shape index (κ1) is 27.3. The summed E-state index contributed by atoms with van der Waals surface area (Å²) in [5, 5.41) is 71.0. The highest BCUT2D eigenvalue weighted by molar-refractivity contribution is 8.05. The standard InChI is InChI=1S/C24H18N6S6/c25-7-31-13-1-2-14(32-8-26)20-19(13)21-15(33-9-27)3-4-17(35-11-29)23(21)24-18(36-12-30)6-5-16(22(20)24)34-10-28/h13-18H,1-6H2/t13-,14-,15-,16-,17-,18-/m0/s1. The van der Waals surface area contributed by atoms with Crippen LogP contribution in [0.1, 0.15) is 103 Å². The van der Waals surface area contributed by atoms with Crippen molar-refractivity contribution in [3.63, 3.8) is 0 Å². The lowest BCUT2D eigenvalue weighted by Gasteiger charge is -2.44. The fourth-order valence-electron chi connectivity index (χ4n) is 5.81. The van der Waals surface area contributed by atoms with Crippen molar-refractivity contribution in [3.8, 4) is 32.4 Å².